The van der Waals surface area contributed by atoms with Gasteiger partial charge in [0.05, 0.1) is 0 Å². The van der Waals surface area contributed by atoms with E-state index in [4.69, 9.17) is 0 Å². The minimum absolute atomic E-state index is 0.622. The van der Waals surface area contributed by atoms with Crippen LogP contribution in [-0.2, 0) is 0 Å². The molecule has 1 aliphatic carbocycles. The van der Waals surface area contributed by atoms with Crippen LogP contribution in [0.25, 0.3) is 0 Å². The molecular weight excluding hydrogens is 298 g/mol. The molecule has 0 saturated heterocycles. The van der Waals surface area contributed by atoms with E-state index in [1.54, 1.807) is 0 Å². The number of hydrogen-bond donors (Lipinski definition) is 1. The molecule has 1 N–H and O–H groups in total. The van der Waals surface area contributed by atoms with Crippen molar-refractivity contribution in [2.75, 3.05) is 5.32 Å². The number of rotatable bonds is 3. The SMILES string of the molecule is Cc1ccc(Br)cc1NC1CC(C)CCC1C(C)C. The Morgan fingerprint density at radius 2 is 2.00 bits per heavy atom. The fraction of sp³-hybridized carbons (Fsp3) is 0.647. The van der Waals surface area contributed by atoms with Crippen LogP contribution in [0.3, 0.4) is 0 Å². The largest absolute Gasteiger partial charge is 0.382 e. The zero-order valence-electron chi connectivity index (χ0n) is 12.5. The van der Waals surface area contributed by atoms with Crippen LogP contribution >= 0.6 is 15.9 Å². The van der Waals surface area contributed by atoms with Crippen molar-refractivity contribution in [3.05, 3.63) is 28.2 Å². The second-order valence-electron chi connectivity index (χ2n) is 6.54. The lowest BCUT2D eigenvalue weighted by molar-refractivity contribution is 0.212. The Bertz CT molecular complexity index is 427. The van der Waals surface area contributed by atoms with Crippen LogP contribution in [0.15, 0.2) is 22.7 Å². The first-order chi connectivity index (χ1) is 8.97. The van der Waals surface area contributed by atoms with Gasteiger partial charge in [-0.2, -0.15) is 0 Å². The Labute approximate surface area is 126 Å². The van der Waals surface area contributed by atoms with Crippen molar-refractivity contribution in [1.29, 1.82) is 0 Å². The van der Waals surface area contributed by atoms with Crippen LogP contribution in [0.1, 0.15) is 45.6 Å². The van der Waals surface area contributed by atoms with E-state index >= 15 is 0 Å². The highest BCUT2D eigenvalue weighted by Crippen LogP contribution is 2.36. The van der Waals surface area contributed by atoms with E-state index in [1.165, 1.54) is 30.5 Å². The lowest BCUT2D eigenvalue weighted by Crippen LogP contribution is -2.38. The molecule has 0 spiro atoms. The molecule has 1 aromatic carbocycles. The van der Waals surface area contributed by atoms with Gasteiger partial charge in [0, 0.05) is 16.2 Å². The van der Waals surface area contributed by atoms with Crippen molar-refractivity contribution < 1.29 is 0 Å². The predicted octanol–water partition coefficient (Wildman–Crippen LogP) is 5.63. The molecule has 2 heteroatoms. The summed E-state index contributed by atoms with van der Waals surface area (Å²) in [5, 5.41) is 3.82. The molecule has 3 unspecified atom stereocenters. The van der Waals surface area contributed by atoms with E-state index in [0.29, 0.717) is 6.04 Å². The van der Waals surface area contributed by atoms with Crippen molar-refractivity contribution in [2.45, 2.75) is 53.0 Å². The number of aryl methyl sites for hydroxylation is 1. The lowest BCUT2D eigenvalue weighted by atomic mass is 9.74. The molecule has 19 heavy (non-hydrogen) atoms. The van der Waals surface area contributed by atoms with Gasteiger partial charge < -0.3 is 5.32 Å². The zero-order chi connectivity index (χ0) is 14.0. The molecule has 1 saturated carbocycles. The molecule has 1 aliphatic rings. The summed E-state index contributed by atoms with van der Waals surface area (Å²) >= 11 is 3.58. The minimum atomic E-state index is 0.622. The van der Waals surface area contributed by atoms with Gasteiger partial charge in [-0.25, -0.2) is 0 Å². The first-order valence-electron chi connectivity index (χ1n) is 7.50. The van der Waals surface area contributed by atoms with Crippen LogP contribution < -0.4 is 5.32 Å². The van der Waals surface area contributed by atoms with E-state index in [-0.39, 0.29) is 0 Å². The average Bonchev–Trinajstić information content (AvgIpc) is 2.33. The van der Waals surface area contributed by atoms with E-state index in [0.717, 1.165) is 22.2 Å². The quantitative estimate of drug-likeness (QED) is 0.760. The van der Waals surface area contributed by atoms with Crippen molar-refractivity contribution >= 4 is 21.6 Å². The summed E-state index contributed by atoms with van der Waals surface area (Å²) in [6.45, 7) is 9.30. The van der Waals surface area contributed by atoms with Gasteiger partial charge in [-0.3, -0.25) is 0 Å². The van der Waals surface area contributed by atoms with Gasteiger partial charge in [0.25, 0.3) is 0 Å². The zero-order valence-corrected chi connectivity index (χ0v) is 14.1. The summed E-state index contributed by atoms with van der Waals surface area (Å²) < 4.78 is 1.16. The summed E-state index contributed by atoms with van der Waals surface area (Å²) in [6, 6.07) is 7.13. The molecule has 1 nitrogen and oxygen atoms in total. The van der Waals surface area contributed by atoms with Gasteiger partial charge in [-0.15, -0.1) is 0 Å². The van der Waals surface area contributed by atoms with Crippen LogP contribution in [0.5, 0.6) is 0 Å². The molecule has 0 aromatic heterocycles. The van der Waals surface area contributed by atoms with Gasteiger partial charge in [0.15, 0.2) is 0 Å². The Morgan fingerprint density at radius 3 is 2.68 bits per heavy atom. The van der Waals surface area contributed by atoms with E-state index < -0.39 is 0 Å². The molecule has 0 heterocycles. The smallest absolute Gasteiger partial charge is 0.0383 e. The fourth-order valence-corrected chi connectivity index (χ4v) is 3.68. The highest BCUT2D eigenvalue weighted by atomic mass is 79.9. The first-order valence-corrected chi connectivity index (χ1v) is 8.29. The van der Waals surface area contributed by atoms with Crippen LogP contribution in [-0.4, -0.2) is 6.04 Å². The van der Waals surface area contributed by atoms with Gasteiger partial charge in [-0.1, -0.05) is 49.2 Å². The maximum Gasteiger partial charge on any atom is 0.0383 e. The van der Waals surface area contributed by atoms with Gasteiger partial charge in [0.1, 0.15) is 0 Å². The fourth-order valence-electron chi connectivity index (χ4n) is 3.32. The van der Waals surface area contributed by atoms with Gasteiger partial charge in [-0.05, 0) is 55.2 Å². The molecular formula is C17H26BrN. The van der Waals surface area contributed by atoms with Crippen LogP contribution in [0.4, 0.5) is 5.69 Å². The third-order valence-electron chi connectivity index (χ3n) is 4.56. The first kappa shape index (κ1) is 14.9. The van der Waals surface area contributed by atoms with Crippen molar-refractivity contribution in [3.8, 4) is 0 Å². The maximum absolute atomic E-state index is 3.82. The molecule has 0 amide bonds. The van der Waals surface area contributed by atoms with Gasteiger partial charge in [0.2, 0.25) is 0 Å². The summed E-state index contributed by atoms with van der Waals surface area (Å²) in [7, 11) is 0. The molecule has 0 radical (unpaired) electrons. The Balaban J connectivity index is 2.16. The predicted molar refractivity (Wildman–Crippen MR) is 87.6 cm³/mol. The number of hydrogen-bond acceptors (Lipinski definition) is 1. The van der Waals surface area contributed by atoms with Crippen molar-refractivity contribution in [3.63, 3.8) is 0 Å². The molecule has 0 bridgehead atoms. The number of nitrogens with one attached hydrogen (secondary N) is 1. The molecule has 1 aromatic rings. The standard InChI is InChI=1S/C17H26BrN/c1-11(2)15-8-5-12(3)9-17(15)19-16-10-14(18)7-6-13(16)4/h6-7,10-12,15,17,19H,5,8-9H2,1-4H3. The van der Waals surface area contributed by atoms with Crippen molar-refractivity contribution in [2.24, 2.45) is 17.8 Å². The second kappa shape index (κ2) is 6.30. The maximum atomic E-state index is 3.82. The minimum Gasteiger partial charge on any atom is -0.382 e. The monoisotopic (exact) mass is 323 g/mol. The highest BCUT2D eigenvalue weighted by molar-refractivity contribution is 9.10. The summed E-state index contributed by atoms with van der Waals surface area (Å²) in [5.74, 6) is 2.41. The normalized spacial score (nSPS) is 27.6. The Morgan fingerprint density at radius 1 is 1.26 bits per heavy atom. The van der Waals surface area contributed by atoms with E-state index in [2.05, 4.69) is 67.1 Å². The summed E-state index contributed by atoms with van der Waals surface area (Å²) in [5.41, 5.74) is 2.63. The van der Waals surface area contributed by atoms with E-state index in [9.17, 15) is 0 Å². The second-order valence-corrected chi connectivity index (χ2v) is 7.45. The number of benzene rings is 1. The molecule has 2 rings (SSSR count). The number of anilines is 1. The molecule has 0 aliphatic heterocycles. The third kappa shape index (κ3) is 3.75. The summed E-state index contributed by atoms with van der Waals surface area (Å²) in [4.78, 5) is 0. The Kier molecular flexibility index (Phi) is 4.94. The number of halogens is 1. The summed E-state index contributed by atoms with van der Waals surface area (Å²) in [6.07, 6.45) is 4.05. The molecule has 1 fully saturated rings. The third-order valence-corrected chi connectivity index (χ3v) is 5.06. The Hall–Kier alpha value is -0.500. The average molecular weight is 324 g/mol. The van der Waals surface area contributed by atoms with Crippen LogP contribution in [0.2, 0.25) is 0 Å². The molecule has 106 valence electrons. The molecule has 3 atom stereocenters. The van der Waals surface area contributed by atoms with Crippen molar-refractivity contribution in [1.82, 2.24) is 0 Å². The van der Waals surface area contributed by atoms with Gasteiger partial charge >= 0.3 is 0 Å². The highest BCUT2D eigenvalue weighted by Gasteiger charge is 2.30. The van der Waals surface area contributed by atoms with E-state index in [1.807, 2.05) is 0 Å². The lowest BCUT2D eigenvalue weighted by Gasteiger charge is -2.38. The topological polar surface area (TPSA) is 12.0 Å². The van der Waals surface area contributed by atoms with Crippen LogP contribution in [0, 0.1) is 24.7 Å².